The average Bonchev–Trinajstić information content (AvgIpc) is 3.29. The molecule has 5 heteroatoms. The molecule has 2 N–H and O–H groups in total. The minimum Gasteiger partial charge on any atom is -0.360 e. The molecule has 0 amide bonds. The van der Waals surface area contributed by atoms with E-state index in [1.165, 1.54) is 27.5 Å². The van der Waals surface area contributed by atoms with Crippen LogP contribution in [0.1, 0.15) is 22.6 Å². The van der Waals surface area contributed by atoms with Gasteiger partial charge in [-0.3, -0.25) is 9.97 Å². The van der Waals surface area contributed by atoms with Crippen LogP contribution in [0.15, 0.2) is 73.6 Å². The summed E-state index contributed by atoms with van der Waals surface area (Å²) in [7, 11) is 0. The first-order valence-corrected chi connectivity index (χ1v) is 8.76. The van der Waals surface area contributed by atoms with E-state index in [9.17, 15) is 0 Å². The molecule has 0 radical (unpaired) electrons. The number of aromatic nitrogens is 4. The topological polar surface area (TPSA) is 57.4 Å². The van der Waals surface area contributed by atoms with Crippen molar-refractivity contribution in [2.75, 3.05) is 0 Å². The molecule has 1 aromatic carbocycles. The number of hydrogen-bond donors (Lipinski definition) is 2. The van der Waals surface area contributed by atoms with E-state index in [1.54, 1.807) is 0 Å². The van der Waals surface area contributed by atoms with Gasteiger partial charge in [-0.15, -0.1) is 0 Å². The third-order valence-corrected chi connectivity index (χ3v) is 5.11. The van der Waals surface area contributed by atoms with Gasteiger partial charge < -0.3 is 9.97 Å². The molecule has 0 spiro atoms. The summed E-state index contributed by atoms with van der Waals surface area (Å²) in [4.78, 5) is 15.1. The van der Waals surface area contributed by atoms with E-state index < -0.39 is 0 Å². The molecule has 4 nitrogen and oxygen atoms in total. The van der Waals surface area contributed by atoms with Gasteiger partial charge in [0.15, 0.2) is 0 Å². The van der Waals surface area contributed by atoms with Gasteiger partial charge in [-0.05, 0) is 41.0 Å². The molecular formula is C21H15ClN4. The molecular weight excluding hydrogens is 344 g/mol. The van der Waals surface area contributed by atoms with E-state index in [1.807, 2.05) is 36.9 Å². The normalized spacial score (nSPS) is 11.6. The molecule has 0 aliphatic rings. The van der Waals surface area contributed by atoms with Crippen molar-refractivity contribution in [2.45, 2.75) is 5.92 Å². The highest BCUT2D eigenvalue weighted by Gasteiger charge is 2.23. The van der Waals surface area contributed by atoms with Gasteiger partial charge >= 0.3 is 0 Å². The Morgan fingerprint density at radius 2 is 1.27 bits per heavy atom. The Bertz CT molecular complexity index is 1130. The van der Waals surface area contributed by atoms with Gasteiger partial charge in [0.05, 0.1) is 23.4 Å². The van der Waals surface area contributed by atoms with Crippen LogP contribution in [0.3, 0.4) is 0 Å². The van der Waals surface area contributed by atoms with Crippen molar-refractivity contribution in [3.05, 3.63) is 95.3 Å². The molecule has 0 saturated heterocycles. The molecule has 0 saturated carbocycles. The number of pyridine rings is 2. The molecule has 0 aliphatic heterocycles. The van der Waals surface area contributed by atoms with Crippen molar-refractivity contribution >= 4 is 33.4 Å². The van der Waals surface area contributed by atoms with Crippen LogP contribution in [0, 0.1) is 0 Å². The summed E-state index contributed by atoms with van der Waals surface area (Å²) in [5, 5.41) is 3.07. The molecule has 26 heavy (non-hydrogen) atoms. The second-order valence-corrected chi connectivity index (χ2v) is 6.75. The number of benzene rings is 1. The van der Waals surface area contributed by atoms with Crippen LogP contribution >= 0.6 is 11.6 Å². The molecule has 4 aromatic heterocycles. The maximum atomic E-state index is 6.13. The predicted octanol–water partition coefficient (Wildman–Crippen LogP) is 5.27. The van der Waals surface area contributed by atoms with Gasteiger partial charge in [-0.25, -0.2) is 0 Å². The maximum absolute atomic E-state index is 6.13. The van der Waals surface area contributed by atoms with Crippen molar-refractivity contribution in [1.29, 1.82) is 0 Å². The van der Waals surface area contributed by atoms with Crippen molar-refractivity contribution in [3.8, 4) is 0 Å². The zero-order chi connectivity index (χ0) is 17.5. The highest BCUT2D eigenvalue weighted by molar-refractivity contribution is 6.30. The van der Waals surface area contributed by atoms with Crippen molar-refractivity contribution < 1.29 is 0 Å². The van der Waals surface area contributed by atoms with E-state index in [0.29, 0.717) is 0 Å². The molecule has 0 aliphatic carbocycles. The van der Waals surface area contributed by atoms with Gasteiger partial charge in [0.2, 0.25) is 0 Å². The lowest BCUT2D eigenvalue weighted by molar-refractivity contribution is 0.998. The highest BCUT2D eigenvalue weighted by Crippen LogP contribution is 2.39. The van der Waals surface area contributed by atoms with Gasteiger partial charge in [0.1, 0.15) is 0 Å². The highest BCUT2D eigenvalue weighted by atomic mass is 35.5. The van der Waals surface area contributed by atoms with Crippen LogP contribution < -0.4 is 0 Å². The zero-order valence-corrected chi connectivity index (χ0v) is 14.5. The molecule has 5 aromatic rings. The lowest BCUT2D eigenvalue weighted by Crippen LogP contribution is -2.02. The Morgan fingerprint density at radius 1 is 0.731 bits per heavy atom. The fraction of sp³-hybridized carbons (Fsp3) is 0.0476. The monoisotopic (exact) mass is 358 g/mol. The molecule has 5 rings (SSSR count). The van der Waals surface area contributed by atoms with Crippen LogP contribution in [0.2, 0.25) is 5.02 Å². The summed E-state index contributed by atoms with van der Waals surface area (Å²) in [6, 6.07) is 12.2. The number of halogens is 1. The summed E-state index contributed by atoms with van der Waals surface area (Å²) in [6.45, 7) is 0. The van der Waals surface area contributed by atoms with Crippen molar-refractivity contribution in [2.24, 2.45) is 0 Å². The van der Waals surface area contributed by atoms with Crippen LogP contribution in [-0.4, -0.2) is 19.9 Å². The van der Waals surface area contributed by atoms with E-state index in [4.69, 9.17) is 11.6 Å². The van der Waals surface area contributed by atoms with Gasteiger partial charge in [-0.2, -0.15) is 0 Å². The van der Waals surface area contributed by atoms with Crippen LogP contribution in [0.25, 0.3) is 21.8 Å². The third-order valence-electron chi connectivity index (χ3n) is 4.86. The third kappa shape index (κ3) is 2.38. The maximum Gasteiger partial charge on any atom is 0.0643 e. The second-order valence-electron chi connectivity index (χ2n) is 6.32. The first kappa shape index (κ1) is 15.2. The van der Waals surface area contributed by atoms with Crippen molar-refractivity contribution in [3.63, 3.8) is 0 Å². The second kappa shape index (κ2) is 6.00. The molecule has 4 heterocycles. The Morgan fingerprint density at radius 3 is 1.81 bits per heavy atom. The summed E-state index contributed by atoms with van der Waals surface area (Å²) in [5.41, 5.74) is 5.67. The number of rotatable bonds is 3. The van der Waals surface area contributed by atoms with E-state index in [0.717, 1.165) is 16.1 Å². The smallest absolute Gasteiger partial charge is 0.0643 e. The summed E-state index contributed by atoms with van der Waals surface area (Å²) >= 11 is 6.13. The lowest BCUT2D eigenvalue weighted by atomic mass is 9.85. The number of hydrogen-bond acceptors (Lipinski definition) is 2. The van der Waals surface area contributed by atoms with Crippen LogP contribution in [0.5, 0.6) is 0 Å². The minimum atomic E-state index is 0.0690. The van der Waals surface area contributed by atoms with Gasteiger partial charge in [-0.1, -0.05) is 23.7 Å². The Kier molecular flexibility index (Phi) is 3.50. The van der Waals surface area contributed by atoms with Crippen LogP contribution in [0.4, 0.5) is 0 Å². The van der Waals surface area contributed by atoms with Gasteiger partial charge in [0, 0.05) is 46.5 Å². The summed E-state index contributed by atoms with van der Waals surface area (Å²) < 4.78 is 0. The lowest BCUT2D eigenvalue weighted by Gasteiger charge is -2.17. The zero-order valence-electron chi connectivity index (χ0n) is 13.8. The standard InChI is InChI=1S/C21H15ClN4/c22-14-3-1-13(2-4-14)21(17-9-25-19-11-23-7-5-15(17)19)18-10-26-20-12-24-8-6-16(18)20/h1-12,21,25-26H. The minimum absolute atomic E-state index is 0.0690. The molecule has 0 fully saturated rings. The summed E-state index contributed by atoms with van der Waals surface area (Å²) in [5.74, 6) is 0.0690. The number of aromatic amines is 2. The predicted molar refractivity (Wildman–Crippen MR) is 105 cm³/mol. The number of nitrogens with one attached hydrogen (secondary N) is 2. The fourth-order valence-corrected chi connectivity index (χ4v) is 3.77. The van der Waals surface area contributed by atoms with E-state index >= 15 is 0 Å². The SMILES string of the molecule is Clc1ccc(C(c2c[nH]c3cnccc23)c2c[nH]c3cnccc23)cc1. The van der Waals surface area contributed by atoms with Crippen LogP contribution in [-0.2, 0) is 0 Å². The number of H-pyrrole nitrogens is 2. The largest absolute Gasteiger partial charge is 0.360 e. The number of nitrogens with zero attached hydrogens (tertiary/aromatic N) is 2. The first-order chi connectivity index (χ1) is 12.8. The molecule has 0 unspecified atom stereocenters. The quantitative estimate of drug-likeness (QED) is 0.461. The Labute approximate surface area is 154 Å². The average molecular weight is 359 g/mol. The molecule has 126 valence electrons. The summed E-state index contributed by atoms with van der Waals surface area (Å²) in [6.07, 6.45) is 11.5. The number of fused-ring (bicyclic) bond motifs is 2. The van der Waals surface area contributed by atoms with Gasteiger partial charge in [0.25, 0.3) is 0 Å². The molecule has 0 atom stereocenters. The first-order valence-electron chi connectivity index (χ1n) is 8.39. The molecule has 0 bridgehead atoms. The van der Waals surface area contributed by atoms with Crippen molar-refractivity contribution in [1.82, 2.24) is 19.9 Å². The van der Waals surface area contributed by atoms with E-state index in [2.05, 4.69) is 56.6 Å². The Balaban J connectivity index is 1.79. The van der Waals surface area contributed by atoms with E-state index in [-0.39, 0.29) is 5.92 Å². The Hall–Kier alpha value is -3.11. The fourth-order valence-electron chi connectivity index (χ4n) is 3.65.